The van der Waals surface area contributed by atoms with Crippen LogP contribution in [0.15, 0.2) is 0 Å². The van der Waals surface area contributed by atoms with Crippen molar-refractivity contribution in [2.24, 2.45) is 5.73 Å². The van der Waals surface area contributed by atoms with Crippen molar-refractivity contribution in [3.05, 3.63) is 0 Å². The number of amides is 1. The maximum atomic E-state index is 11.7. The predicted octanol–water partition coefficient (Wildman–Crippen LogP) is 0.690. The second-order valence-corrected chi connectivity index (χ2v) is 4.43. The summed E-state index contributed by atoms with van der Waals surface area (Å²) in [6.45, 7) is 1.12. The Balaban J connectivity index is 2.30. The van der Waals surface area contributed by atoms with Gasteiger partial charge in [-0.25, -0.2) is 0 Å². The molecule has 0 aromatic rings. The van der Waals surface area contributed by atoms with Crippen LogP contribution in [-0.4, -0.2) is 42.1 Å². The molecule has 0 aromatic carbocycles. The summed E-state index contributed by atoms with van der Waals surface area (Å²) in [5.74, 6) is 0.0506. The van der Waals surface area contributed by atoms with Gasteiger partial charge in [0.05, 0.1) is 24.1 Å². The number of rotatable bonds is 4. The molecule has 15 heavy (non-hydrogen) atoms. The smallest absolute Gasteiger partial charge is 0.225 e. The number of carbonyl (C=O) groups excluding carboxylic acids is 1. The lowest BCUT2D eigenvalue weighted by molar-refractivity contribution is -0.133. The SMILES string of the molecule is CN(CC(N)=S)C(=O)CC1CCCCO1. The quantitative estimate of drug-likeness (QED) is 0.722. The van der Waals surface area contributed by atoms with E-state index in [1.807, 2.05) is 0 Å². The Bertz CT molecular complexity index is 240. The second-order valence-electron chi connectivity index (χ2n) is 3.91. The van der Waals surface area contributed by atoms with Crippen molar-refractivity contribution >= 4 is 23.1 Å². The summed E-state index contributed by atoms with van der Waals surface area (Å²) in [7, 11) is 1.71. The molecular formula is C10H18N2O2S. The van der Waals surface area contributed by atoms with Gasteiger partial charge in [-0.1, -0.05) is 12.2 Å². The van der Waals surface area contributed by atoms with Crippen LogP contribution in [0, 0.1) is 0 Å². The van der Waals surface area contributed by atoms with Gasteiger partial charge in [-0.15, -0.1) is 0 Å². The van der Waals surface area contributed by atoms with Crippen molar-refractivity contribution < 1.29 is 9.53 Å². The summed E-state index contributed by atoms with van der Waals surface area (Å²) in [5.41, 5.74) is 5.37. The van der Waals surface area contributed by atoms with E-state index in [4.69, 9.17) is 22.7 Å². The maximum Gasteiger partial charge on any atom is 0.225 e. The number of nitrogens with two attached hydrogens (primary N) is 1. The molecule has 1 saturated heterocycles. The van der Waals surface area contributed by atoms with Gasteiger partial charge in [0.1, 0.15) is 0 Å². The summed E-state index contributed by atoms with van der Waals surface area (Å²) >= 11 is 4.75. The van der Waals surface area contributed by atoms with Crippen LogP contribution in [0.25, 0.3) is 0 Å². The number of hydrogen-bond donors (Lipinski definition) is 1. The first kappa shape index (κ1) is 12.4. The Hall–Kier alpha value is -0.680. The first-order chi connectivity index (χ1) is 7.09. The molecule has 5 heteroatoms. The lowest BCUT2D eigenvalue weighted by Crippen LogP contribution is -2.37. The van der Waals surface area contributed by atoms with Gasteiger partial charge >= 0.3 is 0 Å². The molecule has 1 amide bonds. The molecule has 0 aliphatic carbocycles. The largest absolute Gasteiger partial charge is 0.392 e. The summed E-state index contributed by atoms with van der Waals surface area (Å²) in [6, 6.07) is 0. The van der Waals surface area contributed by atoms with E-state index in [2.05, 4.69) is 0 Å². The minimum atomic E-state index is 0.0506. The molecule has 0 radical (unpaired) electrons. The summed E-state index contributed by atoms with van der Waals surface area (Å²) < 4.78 is 5.49. The van der Waals surface area contributed by atoms with E-state index in [1.165, 1.54) is 0 Å². The van der Waals surface area contributed by atoms with Gasteiger partial charge in [-0.3, -0.25) is 4.79 Å². The fourth-order valence-corrected chi connectivity index (χ4v) is 1.83. The molecule has 1 atom stereocenters. The van der Waals surface area contributed by atoms with Crippen molar-refractivity contribution in [3.63, 3.8) is 0 Å². The van der Waals surface area contributed by atoms with Crippen LogP contribution < -0.4 is 5.73 Å². The minimum Gasteiger partial charge on any atom is -0.392 e. The van der Waals surface area contributed by atoms with E-state index in [1.54, 1.807) is 11.9 Å². The normalized spacial score (nSPS) is 21.0. The Labute approximate surface area is 95.8 Å². The molecule has 1 aliphatic rings. The zero-order valence-corrected chi connectivity index (χ0v) is 9.89. The van der Waals surface area contributed by atoms with Crippen molar-refractivity contribution in [1.82, 2.24) is 4.90 Å². The molecule has 1 unspecified atom stereocenters. The van der Waals surface area contributed by atoms with E-state index in [9.17, 15) is 4.79 Å². The van der Waals surface area contributed by atoms with Gasteiger partial charge in [0.25, 0.3) is 0 Å². The highest BCUT2D eigenvalue weighted by molar-refractivity contribution is 7.80. The number of nitrogens with zero attached hydrogens (tertiary/aromatic N) is 1. The first-order valence-corrected chi connectivity index (χ1v) is 5.64. The average molecular weight is 230 g/mol. The van der Waals surface area contributed by atoms with Crippen LogP contribution in [0.4, 0.5) is 0 Å². The molecule has 1 fully saturated rings. The van der Waals surface area contributed by atoms with Crippen molar-refractivity contribution in [1.29, 1.82) is 0 Å². The number of thiocarbonyl (C=S) groups is 1. The highest BCUT2D eigenvalue weighted by atomic mass is 32.1. The summed E-state index contributed by atoms with van der Waals surface area (Å²) in [4.78, 5) is 13.6. The number of likely N-dealkylation sites (N-methyl/N-ethyl adjacent to an activating group) is 1. The molecule has 4 nitrogen and oxygen atoms in total. The van der Waals surface area contributed by atoms with Crippen molar-refractivity contribution in [2.75, 3.05) is 20.2 Å². The van der Waals surface area contributed by atoms with Gasteiger partial charge < -0.3 is 15.4 Å². The zero-order valence-electron chi connectivity index (χ0n) is 9.07. The van der Waals surface area contributed by atoms with E-state index >= 15 is 0 Å². The van der Waals surface area contributed by atoms with E-state index in [0.29, 0.717) is 18.0 Å². The third-order valence-electron chi connectivity index (χ3n) is 2.50. The number of carbonyl (C=O) groups is 1. The average Bonchev–Trinajstić information content (AvgIpc) is 2.18. The van der Waals surface area contributed by atoms with Crippen LogP contribution in [0.5, 0.6) is 0 Å². The van der Waals surface area contributed by atoms with Gasteiger partial charge in [-0.05, 0) is 19.3 Å². The molecular weight excluding hydrogens is 212 g/mol. The second kappa shape index (κ2) is 6.02. The van der Waals surface area contributed by atoms with Crippen LogP contribution in [-0.2, 0) is 9.53 Å². The fraction of sp³-hybridized carbons (Fsp3) is 0.800. The van der Waals surface area contributed by atoms with Crippen LogP contribution in [0.2, 0.25) is 0 Å². The first-order valence-electron chi connectivity index (χ1n) is 5.23. The zero-order chi connectivity index (χ0) is 11.3. The lowest BCUT2D eigenvalue weighted by atomic mass is 10.1. The maximum absolute atomic E-state index is 11.7. The van der Waals surface area contributed by atoms with Crippen molar-refractivity contribution in [2.45, 2.75) is 31.8 Å². The van der Waals surface area contributed by atoms with Gasteiger partial charge in [-0.2, -0.15) is 0 Å². The Kier molecular flexibility index (Phi) is 4.98. The third kappa shape index (κ3) is 4.57. The van der Waals surface area contributed by atoms with Crippen molar-refractivity contribution in [3.8, 4) is 0 Å². The molecule has 0 spiro atoms. The van der Waals surface area contributed by atoms with Crippen LogP contribution >= 0.6 is 12.2 Å². The third-order valence-corrected chi connectivity index (χ3v) is 2.62. The lowest BCUT2D eigenvalue weighted by Gasteiger charge is -2.24. The molecule has 0 saturated carbocycles. The van der Waals surface area contributed by atoms with Gasteiger partial charge in [0.2, 0.25) is 5.91 Å². The predicted molar refractivity (Wildman–Crippen MR) is 62.6 cm³/mol. The molecule has 1 aliphatic heterocycles. The fourth-order valence-electron chi connectivity index (χ4n) is 1.64. The monoisotopic (exact) mass is 230 g/mol. The minimum absolute atomic E-state index is 0.0506. The summed E-state index contributed by atoms with van der Waals surface area (Å²) in [6.07, 6.45) is 3.76. The molecule has 1 heterocycles. The molecule has 2 N–H and O–H groups in total. The van der Waals surface area contributed by atoms with E-state index in [-0.39, 0.29) is 12.0 Å². The standard InChI is InChI=1S/C10H18N2O2S/c1-12(7-9(11)15)10(13)6-8-4-2-3-5-14-8/h8H,2-7H2,1H3,(H2,11,15). The van der Waals surface area contributed by atoms with Crippen LogP contribution in [0.3, 0.4) is 0 Å². The van der Waals surface area contributed by atoms with Gasteiger partial charge in [0.15, 0.2) is 0 Å². The highest BCUT2D eigenvalue weighted by Crippen LogP contribution is 2.16. The molecule has 1 rings (SSSR count). The molecule has 0 aromatic heterocycles. The Morgan fingerprint density at radius 1 is 1.60 bits per heavy atom. The number of ether oxygens (including phenoxy) is 1. The molecule has 86 valence electrons. The topological polar surface area (TPSA) is 55.6 Å². The Morgan fingerprint density at radius 3 is 2.87 bits per heavy atom. The number of hydrogen-bond acceptors (Lipinski definition) is 3. The van der Waals surface area contributed by atoms with Gasteiger partial charge in [0, 0.05) is 13.7 Å². The van der Waals surface area contributed by atoms with E-state index < -0.39 is 0 Å². The molecule has 0 bridgehead atoms. The van der Waals surface area contributed by atoms with E-state index in [0.717, 1.165) is 25.9 Å². The highest BCUT2D eigenvalue weighted by Gasteiger charge is 2.19. The summed E-state index contributed by atoms with van der Waals surface area (Å²) in [5, 5.41) is 0. The van der Waals surface area contributed by atoms with Crippen LogP contribution in [0.1, 0.15) is 25.7 Å². The Morgan fingerprint density at radius 2 is 2.33 bits per heavy atom.